The Balaban J connectivity index is 1.38. The molecular formula is C19H20N4O2. The molecule has 1 aliphatic rings. The molecule has 0 bridgehead atoms. The molecule has 0 radical (unpaired) electrons. The average Bonchev–Trinajstić information content (AvgIpc) is 3.30. The molecule has 3 heterocycles. The minimum absolute atomic E-state index is 0.0839. The first-order valence-electron chi connectivity index (χ1n) is 8.44. The van der Waals surface area contributed by atoms with E-state index in [1.807, 2.05) is 59.3 Å². The van der Waals surface area contributed by atoms with Gasteiger partial charge in [-0.15, -0.1) is 0 Å². The van der Waals surface area contributed by atoms with E-state index in [9.17, 15) is 4.79 Å². The van der Waals surface area contributed by atoms with E-state index in [-0.39, 0.29) is 18.6 Å². The maximum absolute atomic E-state index is 12.0. The number of benzene rings is 1. The third-order valence-electron chi connectivity index (χ3n) is 4.29. The molecule has 4 rings (SSSR count). The van der Waals surface area contributed by atoms with Crippen LogP contribution >= 0.6 is 0 Å². The first-order chi connectivity index (χ1) is 12.3. The van der Waals surface area contributed by atoms with Gasteiger partial charge in [0.15, 0.2) is 0 Å². The number of rotatable bonds is 5. The number of anilines is 1. The first-order valence-corrected chi connectivity index (χ1v) is 8.44. The van der Waals surface area contributed by atoms with Gasteiger partial charge in [0.05, 0.1) is 11.8 Å². The van der Waals surface area contributed by atoms with Crippen LogP contribution in [0.3, 0.4) is 0 Å². The summed E-state index contributed by atoms with van der Waals surface area (Å²) < 4.78 is 7.56. The Morgan fingerprint density at radius 2 is 2.16 bits per heavy atom. The standard InChI is InChI=1S/C19H20N4O2/c24-19(13-25-16-8-9-20-11-16)21-15-6-4-14(5-7-15)17-12-23-10-2-1-3-18(23)22-17/h1-7,10,12,16,20H,8-9,11,13H2,(H,21,24)/t16-/m1/s1. The summed E-state index contributed by atoms with van der Waals surface area (Å²) in [6.07, 6.45) is 5.07. The quantitative estimate of drug-likeness (QED) is 0.750. The van der Waals surface area contributed by atoms with Crippen molar-refractivity contribution in [2.75, 3.05) is 25.0 Å². The van der Waals surface area contributed by atoms with Crippen molar-refractivity contribution in [3.05, 3.63) is 54.9 Å². The zero-order valence-electron chi connectivity index (χ0n) is 13.8. The Morgan fingerprint density at radius 3 is 2.92 bits per heavy atom. The molecular weight excluding hydrogens is 316 g/mol. The molecule has 0 unspecified atom stereocenters. The maximum atomic E-state index is 12.0. The van der Waals surface area contributed by atoms with Crippen molar-refractivity contribution in [3.63, 3.8) is 0 Å². The Morgan fingerprint density at radius 1 is 1.28 bits per heavy atom. The van der Waals surface area contributed by atoms with Gasteiger partial charge in [-0.3, -0.25) is 4.79 Å². The fourth-order valence-corrected chi connectivity index (χ4v) is 2.96. The van der Waals surface area contributed by atoms with Crippen LogP contribution in [0.15, 0.2) is 54.9 Å². The van der Waals surface area contributed by atoms with Crippen LogP contribution in [0.25, 0.3) is 16.9 Å². The highest BCUT2D eigenvalue weighted by molar-refractivity contribution is 5.91. The molecule has 25 heavy (non-hydrogen) atoms. The first kappa shape index (κ1) is 15.8. The molecule has 0 spiro atoms. The minimum atomic E-state index is -0.132. The van der Waals surface area contributed by atoms with E-state index in [2.05, 4.69) is 15.6 Å². The van der Waals surface area contributed by atoms with Crippen LogP contribution < -0.4 is 10.6 Å². The SMILES string of the molecule is O=C(CO[C@@H]1CCNC1)Nc1ccc(-c2cn3ccccc3n2)cc1. The van der Waals surface area contributed by atoms with Gasteiger partial charge < -0.3 is 19.8 Å². The molecule has 3 aromatic rings. The molecule has 1 saturated heterocycles. The lowest BCUT2D eigenvalue weighted by molar-refractivity contribution is -0.122. The number of hydrogen-bond donors (Lipinski definition) is 2. The van der Waals surface area contributed by atoms with Crippen LogP contribution in [0, 0.1) is 0 Å². The van der Waals surface area contributed by atoms with Crippen LogP contribution in [0.2, 0.25) is 0 Å². The summed E-state index contributed by atoms with van der Waals surface area (Å²) in [4.78, 5) is 16.6. The number of amides is 1. The number of nitrogens with zero attached hydrogens (tertiary/aromatic N) is 2. The monoisotopic (exact) mass is 336 g/mol. The summed E-state index contributed by atoms with van der Waals surface area (Å²) in [5.41, 5.74) is 3.58. The van der Waals surface area contributed by atoms with Crippen molar-refractivity contribution in [2.45, 2.75) is 12.5 Å². The number of ether oxygens (including phenoxy) is 1. The number of pyridine rings is 1. The molecule has 0 aliphatic carbocycles. The number of carbonyl (C=O) groups excluding carboxylic acids is 1. The highest BCUT2D eigenvalue weighted by Gasteiger charge is 2.16. The predicted molar refractivity (Wildman–Crippen MR) is 96.5 cm³/mol. The van der Waals surface area contributed by atoms with Crippen molar-refractivity contribution < 1.29 is 9.53 Å². The highest BCUT2D eigenvalue weighted by Crippen LogP contribution is 2.21. The number of hydrogen-bond acceptors (Lipinski definition) is 4. The number of fused-ring (bicyclic) bond motifs is 1. The van der Waals surface area contributed by atoms with E-state index in [4.69, 9.17) is 4.74 Å². The van der Waals surface area contributed by atoms with Gasteiger partial charge in [0.25, 0.3) is 0 Å². The largest absolute Gasteiger partial charge is 0.367 e. The molecule has 6 nitrogen and oxygen atoms in total. The Labute approximate surface area is 145 Å². The number of imidazole rings is 1. The van der Waals surface area contributed by atoms with Crippen LogP contribution in [0.5, 0.6) is 0 Å². The van der Waals surface area contributed by atoms with Gasteiger partial charge in [0.1, 0.15) is 12.3 Å². The van der Waals surface area contributed by atoms with Gasteiger partial charge in [0.2, 0.25) is 5.91 Å². The smallest absolute Gasteiger partial charge is 0.250 e. The Hall–Kier alpha value is -2.70. The second-order valence-corrected chi connectivity index (χ2v) is 6.14. The zero-order chi connectivity index (χ0) is 17.1. The lowest BCUT2D eigenvalue weighted by atomic mass is 10.1. The molecule has 1 aliphatic heterocycles. The van der Waals surface area contributed by atoms with E-state index in [1.165, 1.54) is 0 Å². The van der Waals surface area contributed by atoms with Crippen molar-refractivity contribution >= 4 is 17.2 Å². The Kier molecular flexibility index (Phi) is 4.45. The van der Waals surface area contributed by atoms with Crippen molar-refractivity contribution in [1.82, 2.24) is 14.7 Å². The van der Waals surface area contributed by atoms with Gasteiger partial charge in [-0.2, -0.15) is 0 Å². The number of carbonyl (C=O) groups is 1. The summed E-state index contributed by atoms with van der Waals surface area (Å²) in [7, 11) is 0. The summed E-state index contributed by atoms with van der Waals surface area (Å²) in [6, 6.07) is 13.6. The zero-order valence-corrected chi connectivity index (χ0v) is 13.8. The summed E-state index contributed by atoms with van der Waals surface area (Å²) in [5.74, 6) is -0.132. The lowest BCUT2D eigenvalue weighted by Gasteiger charge is -2.10. The molecule has 6 heteroatoms. The van der Waals surface area contributed by atoms with Crippen LogP contribution in [0.1, 0.15) is 6.42 Å². The minimum Gasteiger partial charge on any atom is -0.367 e. The molecule has 1 fully saturated rings. The molecule has 1 aromatic carbocycles. The normalized spacial score (nSPS) is 17.0. The average molecular weight is 336 g/mol. The van der Waals surface area contributed by atoms with E-state index in [0.717, 1.165) is 42.1 Å². The lowest BCUT2D eigenvalue weighted by Crippen LogP contribution is -2.24. The second-order valence-electron chi connectivity index (χ2n) is 6.14. The molecule has 2 aromatic heterocycles. The Bertz CT molecular complexity index is 834. The molecule has 128 valence electrons. The number of nitrogens with one attached hydrogen (secondary N) is 2. The van der Waals surface area contributed by atoms with Gasteiger partial charge in [-0.1, -0.05) is 18.2 Å². The summed E-state index contributed by atoms with van der Waals surface area (Å²) >= 11 is 0. The fourth-order valence-electron chi connectivity index (χ4n) is 2.96. The van der Waals surface area contributed by atoms with Crippen LogP contribution in [-0.4, -0.2) is 41.1 Å². The third-order valence-corrected chi connectivity index (χ3v) is 4.29. The van der Waals surface area contributed by atoms with Crippen LogP contribution in [0.4, 0.5) is 5.69 Å². The molecule has 2 N–H and O–H groups in total. The van der Waals surface area contributed by atoms with E-state index < -0.39 is 0 Å². The molecule has 1 atom stereocenters. The maximum Gasteiger partial charge on any atom is 0.250 e. The van der Waals surface area contributed by atoms with E-state index in [1.54, 1.807) is 0 Å². The number of aromatic nitrogens is 2. The fraction of sp³-hybridized carbons (Fsp3) is 0.263. The van der Waals surface area contributed by atoms with Crippen LogP contribution in [-0.2, 0) is 9.53 Å². The van der Waals surface area contributed by atoms with Gasteiger partial charge in [-0.25, -0.2) is 4.98 Å². The van der Waals surface area contributed by atoms with Crippen molar-refractivity contribution in [2.24, 2.45) is 0 Å². The summed E-state index contributed by atoms with van der Waals surface area (Å²) in [5, 5.41) is 6.07. The topological polar surface area (TPSA) is 67.7 Å². The van der Waals surface area contributed by atoms with Gasteiger partial charge >= 0.3 is 0 Å². The highest BCUT2D eigenvalue weighted by atomic mass is 16.5. The third kappa shape index (κ3) is 3.70. The van der Waals surface area contributed by atoms with Gasteiger partial charge in [-0.05, 0) is 37.2 Å². The van der Waals surface area contributed by atoms with Gasteiger partial charge in [0, 0.05) is 30.2 Å². The van der Waals surface area contributed by atoms with Crippen molar-refractivity contribution in [1.29, 1.82) is 0 Å². The predicted octanol–water partition coefficient (Wildman–Crippen LogP) is 2.32. The molecule has 1 amide bonds. The van der Waals surface area contributed by atoms with E-state index >= 15 is 0 Å². The van der Waals surface area contributed by atoms with Crippen molar-refractivity contribution in [3.8, 4) is 11.3 Å². The molecule has 0 saturated carbocycles. The summed E-state index contributed by atoms with van der Waals surface area (Å²) in [6.45, 7) is 1.86. The van der Waals surface area contributed by atoms with E-state index in [0.29, 0.717) is 0 Å². The second kappa shape index (κ2) is 7.04.